The first-order chi connectivity index (χ1) is 11.5. The van der Waals surface area contributed by atoms with Gasteiger partial charge >= 0.3 is 0 Å². The lowest BCUT2D eigenvalue weighted by Crippen LogP contribution is -2.66. The minimum Gasteiger partial charge on any atom is -0.326 e. The van der Waals surface area contributed by atoms with Crippen molar-refractivity contribution >= 4 is 5.91 Å². The first-order valence-electron chi connectivity index (χ1n) is 8.81. The Bertz CT molecular complexity index is 754. The van der Waals surface area contributed by atoms with Gasteiger partial charge in [-0.05, 0) is 48.6 Å². The van der Waals surface area contributed by atoms with Crippen LogP contribution < -0.4 is 0 Å². The van der Waals surface area contributed by atoms with Gasteiger partial charge in [0.05, 0.1) is 5.56 Å². The molecule has 0 N–H and O–H groups in total. The summed E-state index contributed by atoms with van der Waals surface area (Å²) in [4.78, 5) is 14.5. The molecule has 1 saturated carbocycles. The van der Waals surface area contributed by atoms with Crippen molar-refractivity contribution in [3.63, 3.8) is 0 Å². The van der Waals surface area contributed by atoms with Crippen LogP contribution in [0.2, 0.25) is 0 Å². The third-order valence-corrected chi connectivity index (χ3v) is 5.43. The van der Waals surface area contributed by atoms with E-state index in [4.69, 9.17) is 0 Å². The van der Waals surface area contributed by atoms with Gasteiger partial charge in [-0.15, -0.1) is 0 Å². The molecule has 3 rings (SSSR count). The van der Waals surface area contributed by atoms with Crippen LogP contribution in [0, 0.1) is 34.3 Å². The molecule has 2 fully saturated rings. The molecule has 0 bridgehead atoms. The van der Waals surface area contributed by atoms with Gasteiger partial charge < -0.3 is 4.90 Å². The molecule has 0 radical (unpaired) electrons. The fourth-order valence-electron chi connectivity index (χ4n) is 5.27. The zero-order chi connectivity index (χ0) is 18.5. The van der Waals surface area contributed by atoms with E-state index in [1.54, 1.807) is 0 Å². The Labute approximate surface area is 148 Å². The molecule has 4 heteroatoms. The number of carbonyl (C=O) groups is 1. The smallest absolute Gasteiger partial charge is 0.299 e. The van der Waals surface area contributed by atoms with E-state index in [1.807, 2.05) is 4.90 Å². The molecular weight excluding hydrogens is 320 g/mol. The molecule has 0 aromatic heterocycles. The number of rotatable bonds is 0. The van der Waals surface area contributed by atoms with Crippen LogP contribution in [0.3, 0.4) is 0 Å². The van der Waals surface area contributed by atoms with E-state index in [0.29, 0.717) is 6.54 Å². The van der Waals surface area contributed by atoms with Crippen molar-refractivity contribution < 1.29 is 13.6 Å². The van der Waals surface area contributed by atoms with E-state index in [1.165, 1.54) is 6.07 Å². The average molecular weight is 345 g/mol. The third kappa shape index (κ3) is 3.56. The number of hydrogen-bond acceptors (Lipinski definition) is 1. The van der Waals surface area contributed by atoms with Crippen molar-refractivity contribution in [2.75, 3.05) is 6.54 Å². The summed E-state index contributed by atoms with van der Waals surface area (Å²) in [5.41, 5.74) is 0.279. The van der Waals surface area contributed by atoms with Crippen LogP contribution in [0.15, 0.2) is 18.2 Å². The van der Waals surface area contributed by atoms with Crippen LogP contribution in [0.4, 0.5) is 8.78 Å². The largest absolute Gasteiger partial charge is 0.326 e. The predicted molar refractivity (Wildman–Crippen MR) is 93.7 cm³/mol. The molecule has 1 spiro atoms. The molecule has 1 aromatic rings. The fraction of sp³-hybridized carbons (Fsp3) is 0.571. The third-order valence-electron chi connectivity index (χ3n) is 5.43. The number of likely N-dealkylation sites (tertiary alicyclic amines) is 1. The molecule has 134 valence electrons. The number of benzene rings is 1. The molecule has 25 heavy (non-hydrogen) atoms. The maximum Gasteiger partial charge on any atom is 0.299 e. The maximum atomic E-state index is 13.7. The van der Waals surface area contributed by atoms with Gasteiger partial charge in [0.2, 0.25) is 0 Å². The van der Waals surface area contributed by atoms with Crippen molar-refractivity contribution in [2.24, 2.45) is 10.8 Å². The summed E-state index contributed by atoms with van der Waals surface area (Å²) in [7, 11) is 0. The van der Waals surface area contributed by atoms with E-state index in [9.17, 15) is 13.6 Å². The zero-order valence-corrected chi connectivity index (χ0v) is 15.4. The van der Waals surface area contributed by atoms with Crippen molar-refractivity contribution in [2.45, 2.75) is 58.9 Å². The van der Waals surface area contributed by atoms with Gasteiger partial charge in [-0.25, -0.2) is 8.78 Å². The molecule has 1 heterocycles. The minimum absolute atomic E-state index is 0.0497. The zero-order valence-electron chi connectivity index (χ0n) is 15.4. The van der Waals surface area contributed by atoms with Crippen molar-refractivity contribution in [3.05, 3.63) is 35.4 Å². The second-order valence-corrected chi connectivity index (χ2v) is 9.16. The topological polar surface area (TPSA) is 20.3 Å². The quantitative estimate of drug-likeness (QED) is 0.633. The minimum atomic E-state index is -0.737. The van der Waals surface area contributed by atoms with Gasteiger partial charge in [0.25, 0.3) is 5.91 Å². The second-order valence-electron chi connectivity index (χ2n) is 9.16. The van der Waals surface area contributed by atoms with Gasteiger partial charge in [-0.1, -0.05) is 33.6 Å². The van der Waals surface area contributed by atoms with Crippen molar-refractivity contribution in [1.82, 2.24) is 4.90 Å². The van der Waals surface area contributed by atoms with E-state index in [2.05, 4.69) is 39.5 Å². The van der Waals surface area contributed by atoms with Gasteiger partial charge in [-0.3, -0.25) is 4.79 Å². The summed E-state index contributed by atoms with van der Waals surface area (Å²) < 4.78 is 26.6. The first-order valence-corrected chi connectivity index (χ1v) is 8.81. The average Bonchev–Trinajstić information content (AvgIpc) is 2.42. The summed E-state index contributed by atoms with van der Waals surface area (Å²) in [6.45, 7) is 9.74. The highest BCUT2D eigenvalue weighted by Gasteiger charge is 2.55. The number of carbonyl (C=O) groups excluding carboxylic acids is 1. The lowest BCUT2D eigenvalue weighted by molar-refractivity contribution is -0.155. The highest BCUT2D eigenvalue weighted by Crippen LogP contribution is 2.56. The lowest BCUT2D eigenvalue weighted by atomic mass is 9.55. The highest BCUT2D eigenvalue weighted by molar-refractivity contribution is 5.95. The summed E-state index contributed by atoms with van der Waals surface area (Å²) in [5, 5.41) is 0. The molecule has 0 unspecified atom stereocenters. The molecular formula is C21H25F2NO. The Hall–Kier alpha value is -1.89. The van der Waals surface area contributed by atoms with E-state index >= 15 is 0 Å². The fourth-order valence-corrected chi connectivity index (χ4v) is 5.27. The Kier molecular flexibility index (Phi) is 4.18. The van der Waals surface area contributed by atoms with Gasteiger partial charge in [0, 0.05) is 24.1 Å². The van der Waals surface area contributed by atoms with Gasteiger partial charge in [0.1, 0.15) is 11.6 Å². The number of nitrogens with zero attached hydrogens (tertiary/aromatic N) is 1. The monoisotopic (exact) mass is 345 g/mol. The molecule has 1 saturated heterocycles. The highest BCUT2D eigenvalue weighted by atomic mass is 19.1. The Morgan fingerprint density at radius 1 is 1.08 bits per heavy atom. The maximum absolute atomic E-state index is 13.7. The number of amides is 1. The normalized spacial score (nSPS) is 22.7. The van der Waals surface area contributed by atoms with Crippen molar-refractivity contribution in [1.29, 1.82) is 0 Å². The Balaban J connectivity index is 1.81. The number of halogens is 2. The molecule has 1 amide bonds. The summed E-state index contributed by atoms with van der Waals surface area (Å²) >= 11 is 0. The van der Waals surface area contributed by atoms with Gasteiger partial charge in [0.15, 0.2) is 0 Å². The molecule has 1 aliphatic carbocycles. The van der Waals surface area contributed by atoms with Crippen LogP contribution in [0.25, 0.3) is 0 Å². The molecule has 1 aromatic carbocycles. The summed E-state index contributed by atoms with van der Waals surface area (Å²) in [6, 6.07) is 3.20. The predicted octanol–water partition coefficient (Wildman–Crippen LogP) is 4.52. The van der Waals surface area contributed by atoms with Crippen LogP contribution in [-0.4, -0.2) is 22.9 Å². The summed E-state index contributed by atoms with van der Waals surface area (Å²) in [5.74, 6) is 3.48. The van der Waals surface area contributed by atoms with E-state index < -0.39 is 11.6 Å². The lowest BCUT2D eigenvalue weighted by Gasteiger charge is -2.61. The summed E-state index contributed by atoms with van der Waals surface area (Å²) in [6.07, 6.45) is 4.08. The molecule has 2 nitrogen and oxygen atoms in total. The van der Waals surface area contributed by atoms with Crippen molar-refractivity contribution in [3.8, 4) is 11.8 Å². The van der Waals surface area contributed by atoms with Crippen LogP contribution in [0.5, 0.6) is 0 Å². The molecule has 0 atom stereocenters. The standard InChI is InChI=1S/C21H25F2NO/c1-19(2)12-20(3,4)14-21(13-19)9-10-24(21)18(25)8-6-15-5-7-16(22)11-17(15)23/h5,7,11H,9-10,12-14H2,1-4H3. The molecule has 1 aliphatic heterocycles. The number of hydrogen-bond donors (Lipinski definition) is 0. The van der Waals surface area contributed by atoms with Crippen LogP contribution in [0.1, 0.15) is 58.9 Å². The van der Waals surface area contributed by atoms with E-state index in [-0.39, 0.29) is 27.8 Å². The Morgan fingerprint density at radius 3 is 2.24 bits per heavy atom. The van der Waals surface area contributed by atoms with Gasteiger partial charge in [-0.2, -0.15) is 0 Å². The SMILES string of the molecule is CC1(C)CC(C)(C)CC2(CCN2C(=O)C#Cc2ccc(F)cc2F)C1. The second kappa shape index (κ2) is 5.83. The van der Waals surface area contributed by atoms with Crippen LogP contribution in [-0.2, 0) is 4.79 Å². The first kappa shape index (κ1) is 17.9. The Morgan fingerprint density at radius 2 is 1.72 bits per heavy atom. The van der Waals surface area contributed by atoms with Crippen LogP contribution >= 0.6 is 0 Å². The van der Waals surface area contributed by atoms with E-state index in [0.717, 1.165) is 37.8 Å². The molecule has 2 aliphatic rings.